The summed E-state index contributed by atoms with van der Waals surface area (Å²) in [6.45, 7) is 2.53. The Kier molecular flexibility index (Phi) is 7.61. The third kappa shape index (κ3) is 5.66. The number of unbranched alkanes of at least 4 members (excludes halogenated alkanes) is 1. The van der Waals surface area contributed by atoms with Crippen molar-refractivity contribution in [1.82, 2.24) is 19.7 Å². The van der Waals surface area contributed by atoms with Crippen LogP contribution in [0, 0.1) is 0 Å². The Labute approximate surface area is 193 Å². The van der Waals surface area contributed by atoms with Crippen molar-refractivity contribution in [2.24, 2.45) is 0 Å². The number of benzene rings is 2. The van der Waals surface area contributed by atoms with Crippen molar-refractivity contribution in [3.63, 3.8) is 0 Å². The maximum absolute atomic E-state index is 12.0. The fourth-order valence-electron chi connectivity index (χ4n) is 2.86. The SMILES string of the molecule is CCCCOC(=O)CSc1nnc(CSc2nc3ccccc3s2)n1-c1ccccc1. The lowest BCUT2D eigenvalue weighted by molar-refractivity contribution is -0.140. The van der Waals surface area contributed by atoms with Gasteiger partial charge in [-0.3, -0.25) is 9.36 Å². The lowest BCUT2D eigenvalue weighted by Crippen LogP contribution is -2.09. The van der Waals surface area contributed by atoms with Crippen molar-refractivity contribution in [3.8, 4) is 5.69 Å². The monoisotopic (exact) mass is 470 g/mol. The van der Waals surface area contributed by atoms with Gasteiger partial charge in [0.2, 0.25) is 0 Å². The van der Waals surface area contributed by atoms with E-state index in [0.29, 0.717) is 17.5 Å². The molecule has 0 amide bonds. The Balaban J connectivity index is 1.49. The molecule has 2 aromatic carbocycles. The van der Waals surface area contributed by atoms with E-state index in [9.17, 15) is 4.79 Å². The van der Waals surface area contributed by atoms with Gasteiger partial charge in [-0.15, -0.1) is 21.5 Å². The van der Waals surface area contributed by atoms with Gasteiger partial charge >= 0.3 is 5.97 Å². The second-order valence-electron chi connectivity index (χ2n) is 6.67. The van der Waals surface area contributed by atoms with Gasteiger partial charge in [-0.1, -0.05) is 67.2 Å². The van der Waals surface area contributed by atoms with Crippen molar-refractivity contribution in [2.75, 3.05) is 12.4 Å². The first-order chi connectivity index (χ1) is 15.2. The van der Waals surface area contributed by atoms with Crippen LogP contribution in [0.25, 0.3) is 15.9 Å². The first-order valence-electron chi connectivity index (χ1n) is 10.0. The van der Waals surface area contributed by atoms with Gasteiger partial charge in [0.25, 0.3) is 0 Å². The van der Waals surface area contributed by atoms with Gasteiger partial charge in [-0.05, 0) is 30.7 Å². The van der Waals surface area contributed by atoms with Crippen molar-refractivity contribution < 1.29 is 9.53 Å². The van der Waals surface area contributed by atoms with Gasteiger partial charge in [-0.2, -0.15) is 0 Å². The maximum atomic E-state index is 12.0. The number of ether oxygens (including phenoxy) is 1. The average Bonchev–Trinajstić information content (AvgIpc) is 3.40. The average molecular weight is 471 g/mol. The molecule has 2 heterocycles. The van der Waals surface area contributed by atoms with E-state index in [-0.39, 0.29) is 11.7 Å². The molecule has 0 aliphatic carbocycles. The Hall–Kier alpha value is -2.36. The molecule has 0 atom stereocenters. The van der Waals surface area contributed by atoms with E-state index in [1.807, 2.05) is 53.1 Å². The van der Waals surface area contributed by atoms with Gasteiger partial charge in [0, 0.05) is 5.69 Å². The predicted molar refractivity (Wildman–Crippen MR) is 127 cm³/mol. The molecule has 9 heteroatoms. The number of fused-ring (bicyclic) bond motifs is 1. The van der Waals surface area contributed by atoms with Crippen molar-refractivity contribution >= 4 is 51.0 Å². The molecule has 2 aromatic heterocycles. The molecule has 0 saturated heterocycles. The molecular weight excluding hydrogens is 448 g/mol. The zero-order chi connectivity index (χ0) is 21.5. The van der Waals surface area contributed by atoms with E-state index >= 15 is 0 Å². The van der Waals surface area contributed by atoms with E-state index in [1.54, 1.807) is 23.1 Å². The third-order valence-corrected chi connectivity index (χ3v) is 7.47. The van der Waals surface area contributed by atoms with Gasteiger partial charge < -0.3 is 4.74 Å². The summed E-state index contributed by atoms with van der Waals surface area (Å²) in [4.78, 5) is 16.7. The van der Waals surface area contributed by atoms with E-state index in [4.69, 9.17) is 4.74 Å². The number of aromatic nitrogens is 4. The number of esters is 1. The van der Waals surface area contributed by atoms with Crippen LogP contribution in [0.15, 0.2) is 64.1 Å². The number of carbonyl (C=O) groups excluding carboxylic acids is 1. The third-order valence-electron chi connectivity index (χ3n) is 4.39. The fourth-order valence-corrected chi connectivity index (χ4v) is 5.61. The van der Waals surface area contributed by atoms with E-state index < -0.39 is 0 Å². The highest BCUT2D eigenvalue weighted by Gasteiger charge is 2.17. The van der Waals surface area contributed by atoms with Crippen LogP contribution in [0.5, 0.6) is 0 Å². The molecule has 0 fully saturated rings. The first-order valence-corrected chi connectivity index (χ1v) is 12.8. The molecule has 0 aliphatic heterocycles. The number of rotatable bonds is 10. The molecule has 4 rings (SSSR count). The van der Waals surface area contributed by atoms with E-state index in [2.05, 4.69) is 28.2 Å². The van der Waals surface area contributed by atoms with Crippen LogP contribution in [0.1, 0.15) is 25.6 Å². The highest BCUT2D eigenvalue weighted by Crippen LogP contribution is 2.32. The quantitative estimate of drug-likeness (QED) is 0.170. The Bertz CT molecular complexity index is 1110. The largest absolute Gasteiger partial charge is 0.465 e. The normalized spacial score (nSPS) is 11.1. The molecule has 31 heavy (non-hydrogen) atoms. The van der Waals surface area contributed by atoms with Crippen LogP contribution in [-0.2, 0) is 15.3 Å². The highest BCUT2D eigenvalue weighted by atomic mass is 32.2. The lowest BCUT2D eigenvalue weighted by Gasteiger charge is -2.09. The number of hydrogen-bond acceptors (Lipinski definition) is 8. The molecule has 0 unspecified atom stereocenters. The summed E-state index contributed by atoms with van der Waals surface area (Å²) in [6, 6.07) is 18.1. The number of hydrogen-bond donors (Lipinski definition) is 0. The molecule has 0 spiro atoms. The summed E-state index contributed by atoms with van der Waals surface area (Å²) in [5, 5.41) is 9.44. The van der Waals surface area contributed by atoms with Crippen molar-refractivity contribution in [3.05, 3.63) is 60.4 Å². The summed E-state index contributed by atoms with van der Waals surface area (Å²) in [7, 11) is 0. The summed E-state index contributed by atoms with van der Waals surface area (Å²) in [6.07, 6.45) is 1.88. The smallest absolute Gasteiger partial charge is 0.316 e. The van der Waals surface area contributed by atoms with E-state index in [1.165, 1.54) is 16.5 Å². The van der Waals surface area contributed by atoms with Gasteiger partial charge in [-0.25, -0.2) is 4.98 Å². The zero-order valence-electron chi connectivity index (χ0n) is 17.1. The Morgan fingerprint density at radius 3 is 2.68 bits per heavy atom. The van der Waals surface area contributed by atoms with Crippen molar-refractivity contribution in [2.45, 2.75) is 35.0 Å². The summed E-state index contributed by atoms with van der Waals surface area (Å²) < 4.78 is 9.44. The molecule has 4 aromatic rings. The topological polar surface area (TPSA) is 69.9 Å². The minimum Gasteiger partial charge on any atom is -0.465 e. The molecule has 160 valence electrons. The Morgan fingerprint density at radius 2 is 1.87 bits per heavy atom. The number of thiazole rings is 1. The van der Waals surface area contributed by atoms with Gasteiger partial charge in [0.15, 0.2) is 9.50 Å². The summed E-state index contributed by atoms with van der Waals surface area (Å²) in [5.41, 5.74) is 1.98. The molecule has 6 nitrogen and oxygen atoms in total. The molecule has 0 bridgehead atoms. The van der Waals surface area contributed by atoms with Crippen LogP contribution >= 0.6 is 34.9 Å². The van der Waals surface area contributed by atoms with Crippen LogP contribution in [0.4, 0.5) is 0 Å². The highest BCUT2D eigenvalue weighted by molar-refractivity contribution is 8.00. The molecule has 0 saturated carbocycles. The number of para-hydroxylation sites is 2. The van der Waals surface area contributed by atoms with Crippen LogP contribution in [-0.4, -0.2) is 38.1 Å². The van der Waals surface area contributed by atoms with Crippen molar-refractivity contribution in [1.29, 1.82) is 0 Å². The molecule has 0 aliphatic rings. The Morgan fingerprint density at radius 1 is 1.06 bits per heavy atom. The van der Waals surface area contributed by atoms with Crippen LogP contribution in [0.3, 0.4) is 0 Å². The van der Waals surface area contributed by atoms with Crippen LogP contribution < -0.4 is 0 Å². The minimum absolute atomic E-state index is 0.208. The second-order valence-corrected chi connectivity index (χ2v) is 9.86. The number of thioether (sulfide) groups is 2. The number of carbonyl (C=O) groups is 1. The zero-order valence-corrected chi connectivity index (χ0v) is 19.5. The van der Waals surface area contributed by atoms with Gasteiger partial charge in [0.05, 0.1) is 28.3 Å². The minimum atomic E-state index is -0.230. The van der Waals surface area contributed by atoms with Crippen LogP contribution in [0.2, 0.25) is 0 Å². The molecule has 0 radical (unpaired) electrons. The molecule has 0 N–H and O–H groups in total. The molecular formula is C22H22N4O2S3. The lowest BCUT2D eigenvalue weighted by atomic mass is 10.3. The standard InChI is InChI=1S/C22H22N4O2S3/c1-2-3-13-28-20(27)15-29-21-25-24-19(26(21)16-9-5-4-6-10-16)14-30-22-23-17-11-7-8-12-18(17)31-22/h4-12H,2-3,13-15H2,1H3. The predicted octanol–water partition coefficient (Wildman–Crippen LogP) is 5.60. The van der Waals surface area contributed by atoms with Gasteiger partial charge in [0.1, 0.15) is 5.82 Å². The number of nitrogens with zero attached hydrogens (tertiary/aromatic N) is 4. The summed E-state index contributed by atoms with van der Waals surface area (Å²) in [5.74, 6) is 1.42. The van der Waals surface area contributed by atoms with E-state index in [0.717, 1.165) is 34.2 Å². The summed E-state index contributed by atoms with van der Waals surface area (Å²) >= 11 is 4.67. The maximum Gasteiger partial charge on any atom is 0.316 e. The second kappa shape index (κ2) is 10.8. The first kappa shape index (κ1) is 21.9. The fraction of sp³-hybridized carbons (Fsp3) is 0.273.